The third-order valence-electron chi connectivity index (χ3n) is 3.98. The number of benzene rings is 1. The van der Waals surface area contributed by atoms with Crippen molar-refractivity contribution in [1.82, 2.24) is 20.2 Å². The summed E-state index contributed by atoms with van der Waals surface area (Å²) in [6, 6.07) is 6.39. The van der Waals surface area contributed by atoms with E-state index in [1.165, 1.54) is 24.0 Å². The van der Waals surface area contributed by atoms with E-state index in [0.717, 1.165) is 23.9 Å². The molecule has 6 heteroatoms. The Morgan fingerprint density at radius 1 is 1.14 bits per heavy atom. The van der Waals surface area contributed by atoms with Crippen LogP contribution in [0, 0.1) is 0 Å². The van der Waals surface area contributed by atoms with Crippen LogP contribution in [0.5, 0.6) is 0 Å². The Labute approximate surface area is 121 Å². The molecule has 2 aromatic heterocycles. The number of rotatable bonds is 2. The van der Waals surface area contributed by atoms with E-state index in [9.17, 15) is 0 Å². The second kappa shape index (κ2) is 4.73. The maximum Gasteiger partial charge on any atom is 0.224 e. The maximum absolute atomic E-state index is 5.77. The highest BCUT2D eigenvalue weighted by Gasteiger charge is 2.15. The van der Waals surface area contributed by atoms with Crippen LogP contribution in [0.3, 0.4) is 0 Å². The van der Waals surface area contributed by atoms with Crippen molar-refractivity contribution in [3.05, 3.63) is 35.5 Å². The van der Waals surface area contributed by atoms with Crippen LogP contribution in [0.1, 0.15) is 24.0 Å². The number of aromatic nitrogens is 4. The molecule has 4 N–H and O–H groups in total. The highest BCUT2D eigenvalue weighted by molar-refractivity contribution is 5.89. The van der Waals surface area contributed by atoms with Crippen molar-refractivity contribution >= 4 is 28.5 Å². The zero-order valence-electron chi connectivity index (χ0n) is 11.6. The molecule has 0 spiro atoms. The Morgan fingerprint density at radius 2 is 2.05 bits per heavy atom. The Balaban J connectivity index is 1.80. The summed E-state index contributed by atoms with van der Waals surface area (Å²) in [6.45, 7) is 0. The molecule has 1 aliphatic carbocycles. The molecule has 0 fully saturated rings. The largest absolute Gasteiger partial charge is 0.368 e. The Kier molecular flexibility index (Phi) is 2.73. The summed E-state index contributed by atoms with van der Waals surface area (Å²) < 4.78 is 0. The van der Waals surface area contributed by atoms with Crippen LogP contribution in [0.15, 0.2) is 24.4 Å². The molecule has 106 valence electrons. The number of aromatic amines is 1. The van der Waals surface area contributed by atoms with E-state index in [4.69, 9.17) is 5.73 Å². The van der Waals surface area contributed by atoms with Gasteiger partial charge in [-0.05, 0) is 42.9 Å². The number of H-pyrrole nitrogens is 1. The van der Waals surface area contributed by atoms with Gasteiger partial charge in [0.25, 0.3) is 0 Å². The molecule has 2 heterocycles. The minimum absolute atomic E-state index is 0.235. The fourth-order valence-corrected chi connectivity index (χ4v) is 2.97. The number of nitrogens with zero attached hydrogens (tertiary/aromatic N) is 3. The minimum Gasteiger partial charge on any atom is -0.368 e. The number of aryl methyl sites for hydroxylation is 1. The topological polar surface area (TPSA) is 92.5 Å². The summed E-state index contributed by atoms with van der Waals surface area (Å²) in [7, 11) is 0. The third-order valence-corrected chi connectivity index (χ3v) is 3.98. The van der Waals surface area contributed by atoms with Crippen LogP contribution in [-0.2, 0) is 12.8 Å². The van der Waals surface area contributed by atoms with Gasteiger partial charge >= 0.3 is 0 Å². The third kappa shape index (κ3) is 2.08. The average molecular weight is 280 g/mol. The smallest absolute Gasteiger partial charge is 0.224 e. The summed E-state index contributed by atoms with van der Waals surface area (Å²) >= 11 is 0. The summed E-state index contributed by atoms with van der Waals surface area (Å²) in [5.41, 5.74) is 10.3. The molecule has 1 aliphatic rings. The second-order valence-electron chi connectivity index (χ2n) is 5.34. The van der Waals surface area contributed by atoms with Crippen LogP contribution < -0.4 is 11.1 Å². The molecule has 1 aromatic carbocycles. The van der Waals surface area contributed by atoms with Gasteiger partial charge in [-0.3, -0.25) is 5.10 Å². The van der Waals surface area contributed by atoms with Crippen molar-refractivity contribution in [1.29, 1.82) is 0 Å². The quantitative estimate of drug-likeness (QED) is 0.671. The number of hydrogen-bond donors (Lipinski definition) is 3. The zero-order valence-corrected chi connectivity index (χ0v) is 11.6. The number of nitrogens with two attached hydrogens (primary N) is 1. The fourth-order valence-electron chi connectivity index (χ4n) is 2.97. The first-order valence-electron chi connectivity index (χ1n) is 7.15. The monoisotopic (exact) mass is 280 g/mol. The molecule has 0 radical (unpaired) electrons. The number of fused-ring (bicyclic) bond motifs is 2. The molecule has 0 atom stereocenters. The Bertz CT molecular complexity index is 807. The van der Waals surface area contributed by atoms with Crippen molar-refractivity contribution in [3.8, 4) is 0 Å². The molecule has 0 amide bonds. The fraction of sp³-hybridized carbons (Fsp3) is 0.267. The normalized spacial score (nSPS) is 14.1. The van der Waals surface area contributed by atoms with Gasteiger partial charge in [0.05, 0.1) is 11.6 Å². The minimum atomic E-state index is 0.235. The first kappa shape index (κ1) is 12.1. The van der Waals surface area contributed by atoms with Crippen molar-refractivity contribution < 1.29 is 0 Å². The maximum atomic E-state index is 5.77. The molecule has 0 bridgehead atoms. The second-order valence-corrected chi connectivity index (χ2v) is 5.34. The van der Waals surface area contributed by atoms with Gasteiger partial charge in [0, 0.05) is 5.69 Å². The van der Waals surface area contributed by atoms with Gasteiger partial charge in [-0.1, -0.05) is 12.1 Å². The molecule has 21 heavy (non-hydrogen) atoms. The van der Waals surface area contributed by atoms with Gasteiger partial charge in [0.1, 0.15) is 5.82 Å². The van der Waals surface area contributed by atoms with Crippen molar-refractivity contribution in [2.24, 2.45) is 0 Å². The Morgan fingerprint density at radius 3 is 3.00 bits per heavy atom. The van der Waals surface area contributed by atoms with Gasteiger partial charge in [-0.25, -0.2) is 0 Å². The predicted molar refractivity (Wildman–Crippen MR) is 82.5 cm³/mol. The number of hydrogen-bond acceptors (Lipinski definition) is 5. The molecule has 0 aliphatic heterocycles. The van der Waals surface area contributed by atoms with Crippen LogP contribution in [-0.4, -0.2) is 20.2 Å². The van der Waals surface area contributed by atoms with E-state index in [0.29, 0.717) is 11.5 Å². The van der Waals surface area contributed by atoms with Crippen molar-refractivity contribution in [3.63, 3.8) is 0 Å². The molecule has 6 nitrogen and oxygen atoms in total. The molecule has 0 saturated heterocycles. The molecule has 3 aromatic rings. The SMILES string of the molecule is Nc1nc(Nc2cccc3c2CCCC3)c2cn[nH]c2n1. The summed E-state index contributed by atoms with van der Waals surface area (Å²) in [6.07, 6.45) is 6.47. The van der Waals surface area contributed by atoms with E-state index in [1.807, 2.05) is 0 Å². The lowest BCUT2D eigenvalue weighted by atomic mass is 9.90. The van der Waals surface area contributed by atoms with Crippen LogP contribution in [0.2, 0.25) is 0 Å². The Hall–Kier alpha value is -2.63. The van der Waals surface area contributed by atoms with Gasteiger partial charge in [-0.15, -0.1) is 0 Å². The van der Waals surface area contributed by atoms with E-state index in [2.05, 4.69) is 43.7 Å². The zero-order chi connectivity index (χ0) is 14.2. The number of anilines is 3. The first-order valence-corrected chi connectivity index (χ1v) is 7.15. The summed E-state index contributed by atoms with van der Waals surface area (Å²) in [5.74, 6) is 0.935. The lowest BCUT2D eigenvalue weighted by molar-refractivity contribution is 0.687. The lowest BCUT2D eigenvalue weighted by Gasteiger charge is -2.20. The molecular weight excluding hydrogens is 264 g/mol. The summed E-state index contributed by atoms with van der Waals surface area (Å²) in [5, 5.41) is 11.1. The number of nitrogens with one attached hydrogen (secondary N) is 2. The molecule has 0 saturated carbocycles. The molecule has 0 unspecified atom stereocenters. The average Bonchev–Trinajstić information content (AvgIpc) is 2.96. The molecular formula is C15H16N6. The van der Waals surface area contributed by atoms with E-state index < -0.39 is 0 Å². The van der Waals surface area contributed by atoms with Gasteiger partial charge < -0.3 is 11.1 Å². The van der Waals surface area contributed by atoms with Crippen molar-refractivity contribution in [2.75, 3.05) is 11.1 Å². The first-order chi connectivity index (χ1) is 10.3. The van der Waals surface area contributed by atoms with Crippen LogP contribution in [0.25, 0.3) is 11.0 Å². The highest BCUT2D eigenvalue weighted by Crippen LogP contribution is 2.31. The van der Waals surface area contributed by atoms with Gasteiger partial charge in [0.2, 0.25) is 5.95 Å². The predicted octanol–water partition coefficient (Wildman–Crippen LogP) is 2.56. The van der Waals surface area contributed by atoms with Crippen LogP contribution >= 0.6 is 0 Å². The highest BCUT2D eigenvalue weighted by atomic mass is 15.2. The van der Waals surface area contributed by atoms with E-state index in [1.54, 1.807) is 6.20 Å². The number of nitrogen functional groups attached to an aromatic ring is 1. The van der Waals surface area contributed by atoms with E-state index >= 15 is 0 Å². The van der Waals surface area contributed by atoms with E-state index in [-0.39, 0.29) is 5.95 Å². The van der Waals surface area contributed by atoms with Gasteiger partial charge in [-0.2, -0.15) is 15.1 Å². The standard InChI is InChI=1S/C15H16N6/c16-15-19-13(11-8-17-21-14(11)20-15)18-12-7-3-5-9-4-1-2-6-10(9)12/h3,5,7-8H,1-2,4,6H2,(H4,16,17,18,19,20,21). The van der Waals surface area contributed by atoms with Crippen LogP contribution in [0.4, 0.5) is 17.5 Å². The lowest BCUT2D eigenvalue weighted by Crippen LogP contribution is -2.07. The van der Waals surface area contributed by atoms with Gasteiger partial charge in [0.15, 0.2) is 5.65 Å². The molecule has 4 rings (SSSR count). The summed E-state index contributed by atoms with van der Waals surface area (Å²) in [4.78, 5) is 8.45. The van der Waals surface area contributed by atoms with Crippen molar-refractivity contribution in [2.45, 2.75) is 25.7 Å².